The average molecular weight is 263 g/mol. The van der Waals surface area contributed by atoms with Crippen molar-refractivity contribution in [2.45, 2.75) is 17.9 Å². The van der Waals surface area contributed by atoms with Crippen molar-refractivity contribution < 1.29 is 9.15 Å². The summed E-state index contributed by atoms with van der Waals surface area (Å²) in [5.41, 5.74) is 7.24. The second-order valence-corrected chi connectivity index (χ2v) is 5.06. The summed E-state index contributed by atoms with van der Waals surface area (Å²) >= 11 is 1.70. The Hall–Kier alpha value is -1.39. The minimum absolute atomic E-state index is 0.0551. The summed E-state index contributed by atoms with van der Waals surface area (Å²) < 4.78 is 10.6. The van der Waals surface area contributed by atoms with Crippen LogP contribution in [0.2, 0.25) is 0 Å². The third-order valence-corrected chi connectivity index (χ3v) is 4.03. The molecular weight excluding hydrogens is 246 g/mol. The van der Waals surface area contributed by atoms with Gasteiger partial charge in [0.15, 0.2) is 0 Å². The Balaban J connectivity index is 2.03. The van der Waals surface area contributed by atoms with Crippen LogP contribution in [-0.4, -0.2) is 12.9 Å². The van der Waals surface area contributed by atoms with Gasteiger partial charge in [-0.15, -0.1) is 11.8 Å². The van der Waals surface area contributed by atoms with Crippen LogP contribution in [0.3, 0.4) is 0 Å². The van der Waals surface area contributed by atoms with Gasteiger partial charge in [-0.3, -0.25) is 0 Å². The molecule has 0 saturated carbocycles. The Kier molecular flexibility index (Phi) is 4.33. The highest BCUT2D eigenvalue weighted by molar-refractivity contribution is 7.99. The van der Waals surface area contributed by atoms with E-state index in [0.717, 1.165) is 27.7 Å². The first-order valence-electron chi connectivity index (χ1n) is 5.77. The molecular formula is C14H17NO2S. The van der Waals surface area contributed by atoms with Gasteiger partial charge in [0.2, 0.25) is 0 Å². The maximum absolute atomic E-state index is 6.21. The molecule has 1 heterocycles. The van der Waals surface area contributed by atoms with Crippen molar-refractivity contribution in [3.8, 4) is 5.75 Å². The first-order chi connectivity index (χ1) is 8.72. The fourth-order valence-electron chi connectivity index (χ4n) is 1.77. The van der Waals surface area contributed by atoms with Crippen LogP contribution in [0.1, 0.15) is 17.4 Å². The molecule has 0 saturated heterocycles. The largest absolute Gasteiger partial charge is 0.496 e. The maximum atomic E-state index is 6.21. The first-order valence-corrected chi connectivity index (χ1v) is 6.76. The van der Waals surface area contributed by atoms with Gasteiger partial charge in [0.25, 0.3) is 0 Å². The highest BCUT2D eigenvalue weighted by atomic mass is 32.2. The number of hydrogen-bond acceptors (Lipinski definition) is 4. The minimum Gasteiger partial charge on any atom is -0.496 e. The van der Waals surface area contributed by atoms with Crippen LogP contribution in [0.5, 0.6) is 5.75 Å². The molecule has 2 aromatic rings. The van der Waals surface area contributed by atoms with Crippen molar-refractivity contribution in [2.75, 3.05) is 12.9 Å². The molecule has 1 unspecified atom stereocenters. The zero-order valence-electron chi connectivity index (χ0n) is 10.6. The number of methoxy groups -OCH3 is 1. The summed E-state index contributed by atoms with van der Waals surface area (Å²) in [7, 11) is 1.67. The molecule has 0 bridgehead atoms. The van der Waals surface area contributed by atoms with Crippen molar-refractivity contribution >= 4 is 11.8 Å². The summed E-state index contributed by atoms with van der Waals surface area (Å²) in [5.74, 6) is 2.57. The molecule has 0 spiro atoms. The van der Waals surface area contributed by atoms with Gasteiger partial charge in [-0.2, -0.15) is 0 Å². The smallest absolute Gasteiger partial charge is 0.123 e. The van der Waals surface area contributed by atoms with E-state index in [4.69, 9.17) is 14.9 Å². The van der Waals surface area contributed by atoms with Crippen molar-refractivity contribution in [1.82, 2.24) is 0 Å². The van der Waals surface area contributed by atoms with Crippen molar-refractivity contribution in [3.63, 3.8) is 0 Å². The van der Waals surface area contributed by atoms with Crippen LogP contribution < -0.4 is 10.5 Å². The highest BCUT2D eigenvalue weighted by Gasteiger charge is 2.12. The summed E-state index contributed by atoms with van der Waals surface area (Å²) in [5, 5.41) is 0. The van der Waals surface area contributed by atoms with Crippen LogP contribution in [0.15, 0.2) is 45.9 Å². The predicted molar refractivity (Wildman–Crippen MR) is 74.1 cm³/mol. The van der Waals surface area contributed by atoms with Crippen LogP contribution in [-0.2, 0) is 0 Å². The molecule has 96 valence electrons. The molecule has 1 aromatic heterocycles. The van der Waals surface area contributed by atoms with Gasteiger partial charge in [0, 0.05) is 22.3 Å². The number of rotatable bonds is 5. The number of para-hydroxylation sites is 1. The molecule has 0 amide bonds. The van der Waals surface area contributed by atoms with Gasteiger partial charge < -0.3 is 14.9 Å². The van der Waals surface area contributed by atoms with E-state index < -0.39 is 0 Å². The first kappa shape index (κ1) is 13.1. The normalized spacial score (nSPS) is 12.4. The van der Waals surface area contributed by atoms with E-state index in [-0.39, 0.29) is 6.04 Å². The number of aryl methyl sites for hydroxylation is 1. The minimum atomic E-state index is -0.0551. The van der Waals surface area contributed by atoms with Gasteiger partial charge in [0.1, 0.15) is 11.5 Å². The standard InChI is InChI=1S/C14H17NO2S/c1-10-14(7-8-17-10)18-9-12(15)11-5-3-4-6-13(11)16-2/h3-8,12H,9,15H2,1-2H3. The van der Waals surface area contributed by atoms with E-state index in [1.54, 1.807) is 25.1 Å². The maximum Gasteiger partial charge on any atom is 0.123 e. The molecule has 0 aliphatic rings. The van der Waals surface area contributed by atoms with Gasteiger partial charge in [-0.1, -0.05) is 18.2 Å². The second kappa shape index (κ2) is 5.98. The average Bonchev–Trinajstić information content (AvgIpc) is 2.81. The number of thioether (sulfide) groups is 1. The van der Waals surface area contributed by atoms with Crippen molar-refractivity contribution in [2.24, 2.45) is 5.73 Å². The Morgan fingerprint density at radius 3 is 2.78 bits per heavy atom. The molecule has 0 aliphatic heterocycles. The Bertz CT molecular complexity index is 510. The molecule has 2 rings (SSSR count). The summed E-state index contributed by atoms with van der Waals surface area (Å²) in [6.45, 7) is 1.96. The number of hydrogen-bond donors (Lipinski definition) is 1. The molecule has 18 heavy (non-hydrogen) atoms. The molecule has 0 aliphatic carbocycles. The lowest BCUT2D eigenvalue weighted by atomic mass is 10.1. The van der Waals surface area contributed by atoms with E-state index in [9.17, 15) is 0 Å². The molecule has 1 atom stereocenters. The van der Waals surface area contributed by atoms with Gasteiger partial charge >= 0.3 is 0 Å². The molecule has 3 nitrogen and oxygen atoms in total. The molecule has 0 fully saturated rings. The Morgan fingerprint density at radius 2 is 2.11 bits per heavy atom. The molecule has 2 N–H and O–H groups in total. The number of furan rings is 1. The molecule has 4 heteroatoms. The van der Waals surface area contributed by atoms with Crippen LogP contribution in [0, 0.1) is 6.92 Å². The van der Waals surface area contributed by atoms with Gasteiger partial charge in [-0.25, -0.2) is 0 Å². The third kappa shape index (κ3) is 2.89. The SMILES string of the molecule is COc1ccccc1C(N)CSc1ccoc1C. The fraction of sp³-hybridized carbons (Fsp3) is 0.286. The summed E-state index contributed by atoms with van der Waals surface area (Å²) in [4.78, 5) is 1.14. The van der Waals surface area contributed by atoms with Gasteiger partial charge in [-0.05, 0) is 19.1 Å². The molecule has 0 radical (unpaired) electrons. The number of ether oxygens (including phenoxy) is 1. The third-order valence-electron chi connectivity index (χ3n) is 2.77. The predicted octanol–water partition coefficient (Wildman–Crippen LogP) is 3.39. The van der Waals surface area contributed by atoms with Crippen molar-refractivity contribution in [1.29, 1.82) is 0 Å². The van der Waals surface area contributed by atoms with Crippen LogP contribution >= 0.6 is 11.8 Å². The lowest BCUT2D eigenvalue weighted by molar-refractivity contribution is 0.407. The summed E-state index contributed by atoms with van der Waals surface area (Å²) in [6.07, 6.45) is 1.70. The quantitative estimate of drug-likeness (QED) is 0.840. The van der Waals surface area contributed by atoms with Crippen LogP contribution in [0.4, 0.5) is 0 Å². The van der Waals surface area contributed by atoms with Crippen molar-refractivity contribution in [3.05, 3.63) is 47.9 Å². The highest BCUT2D eigenvalue weighted by Crippen LogP contribution is 2.30. The second-order valence-electron chi connectivity index (χ2n) is 4.00. The summed E-state index contributed by atoms with van der Waals surface area (Å²) in [6, 6.07) is 9.78. The topological polar surface area (TPSA) is 48.4 Å². The van der Waals surface area contributed by atoms with E-state index in [1.165, 1.54) is 0 Å². The molecule has 1 aromatic carbocycles. The Labute approximate surface area is 111 Å². The zero-order chi connectivity index (χ0) is 13.0. The number of nitrogens with two attached hydrogens (primary N) is 1. The lowest BCUT2D eigenvalue weighted by Crippen LogP contribution is -2.14. The van der Waals surface area contributed by atoms with E-state index >= 15 is 0 Å². The van der Waals surface area contributed by atoms with E-state index in [0.29, 0.717) is 0 Å². The Morgan fingerprint density at radius 1 is 1.33 bits per heavy atom. The fourth-order valence-corrected chi connectivity index (χ4v) is 2.71. The zero-order valence-corrected chi connectivity index (χ0v) is 11.4. The lowest BCUT2D eigenvalue weighted by Gasteiger charge is -2.14. The van der Waals surface area contributed by atoms with Gasteiger partial charge in [0.05, 0.1) is 13.4 Å². The van der Waals surface area contributed by atoms with E-state index in [1.807, 2.05) is 37.3 Å². The van der Waals surface area contributed by atoms with Crippen LogP contribution in [0.25, 0.3) is 0 Å². The monoisotopic (exact) mass is 263 g/mol. The van der Waals surface area contributed by atoms with E-state index in [2.05, 4.69) is 0 Å². The number of benzene rings is 1.